The number of piperidine rings is 1. The minimum atomic E-state index is -4.18. The first-order valence-electron chi connectivity index (χ1n) is 7.36. The average Bonchev–Trinajstić information content (AvgIpc) is 2.77. The van der Waals surface area contributed by atoms with Crippen LogP contribution >= 0.6 is 0 Å². The Kier molecular flexibility index (Phi) is 5.32. The van der Waals surface area contributed by atoms with Crippen molar-refractivity contribution in [2.75, 3.05) is 39.8 Å². The first-order chi connectivity index (χ1) is 9.82. The maximum atomic E-state index is 12.3. The molecular weight excluding hydrogens is 285 g/mol. The zero-order valence-corrected chi connectivity index (χ0v) is 12.2. The summed E-state index contributed by atoms with van der Waals surface area (Å²) in [5, 5.41) is 5.69. The van der Waals surface area contributed by atoms with E-state index in [1.807, 2.05) is 7.05 Å². The van der Waals surface area contributed by atoms with Crippen molar-refractivity contribution in [3.05, 3.63) is 0 Å². The summed E-state index contributed by atoms with van der Waals surface area (Å²) in [5.41, 5.74) is 0. The second kappa shape index (κ2) is 6.83. The quantitative estimate of drug-likeness (QED) is 0.818. The third-order valence-electron chi connectivity index (χ3n) is 4.06. The molecule has 2 amide bonds. The van der Waals surface area contributed by atoms with Gasteiger partial charge in [-0.05, 0) is 39.4 Å². The molecule has 2 aliphatic heterocycles. The van der Waals surface area contributed by atoms with Gasteiger partial charge in [0.25, 0.3) is 0 Å². The fraction of sp³-hybridized carbons (Fsp3) is 0.923. The molecular formula is C13H23F3N4O. The van der Waals surface area contributed by atoms with E-state index in [1.54, 1.807) is 0 Å². The van der Waals surface area contributed by atoms with Gasteiger partial charge in [0.05, 0.1) is 6.54 Å². The number of likely N-dealkylation sites (tertiary alicyclic amines) is 2. The maximum Gasteiger partial charge on any atom is 0.401 e. The fourth-order valence-corrected chi connectivity index (χ4v) is 2.91. The van der Waals surface area contributed by atoms with E-state index in [0.717, 1.165) is 25.9 Å². The van der Waals surface area contributed by atoms with Crippen LogP contribution in [0.25, 0.3) is 0 Å². The summed E-state index contributed by atoms with van der Waals surface area (Å²) in [4.78, 5) is 15.4. The van der Waals surface area contributed by atoms with Gasteiger partial charge >= 0.3 is 12.2 Å². The molecule has 2 fully saturated rings. The Bertz CT molecular complexity index is 356. The average molecular weight is 308 g/mol. The smallest absolute Gasteiger partial charge is 0.335 e. The number of carbonyl (C=O) groups excluding carboxylic acids is 1. The molecule has 2 saturated heterocycles. The lowest BCUT2D eigenvalue weighted by molar-refractivity contribution is -0.143. The van der Waals surface area contributed by atoms with E-state index in [9.17, 15) is 18.0 Å². The van der Waals surface area contributed by atoms with Gasteiger partial charge in [0, 0.05) is 25.2 Å². The van der Waals surface area contributed by atoms with Crippen LogP contribution in [0.1, 0.15) is 19.3 Å². The number of urea groups is 1. The number of rotatable bonds is 3. The third kappa shape index (κ3) is 5.70. The van der Waals surface area contributed by atoms with Gasteiger partial charge in [0.2, 0.25) is 0 Å². The second-order valence-corrected chi connectivity index (χ2v) is 6.03. The highest BCUT2D eigenvalue weighted by Crippen LogP contribution is 2.20. The molecule has 122 valence electrons. The molecule has 5 nitrogen and oxygen atoms in total. The molecule has 8 heteroatoms. The molecule has 21 heavy (non-hydrogen) atoms. The lowest BCUT2D eigenvalue weighted by Gasteiger charge is -2.29. The molecule has 0 bridgehead atoms. The summed E-state index contributed by atoms with van der Waals surface area (Å²) in [5.74, 6) is 0. The Morgan fingerprint density at radius 1 is 1.10 bits per heavy atom. The molecule has 0 radical (unpaired) electrons. The van der Waals surface area contributed by atoms with E-state index >= 15 is 0 Å². The van der Waals surface area contributed by atoms with Crippen LogP contribution in [0, 0.1) is 0 Å². The van der Waals surface area contributed by atoms with Crippen molar-refractivity contribution in [1.82, 2.24) is 20.4 Å². The second-order valence-electron chi connectivity index (χ2n) is 6.03. The van der Waals surface area contributed by atoms with Gasteiger partial charge in [-0.2, -0.15) is 13.2 Å². The Morgan fingerprint density at radius 3 is 2.29 bits per heavy atom. The van der Waals surface area contributed by atoms with Crippen molar-refractivity contribution in [1.29, 1.82) is 0 Å². The molecule has 2 heterocycles. The van der Waals surface area contributed by atoms with Crippen molar-refractivity contribution in [3.8, 4) is 0 Å². The minimum absolute atomic E-state index is 0.161. The molecule has 0 aromatic carbocycles. The van der Waals surface area contributed by atoms with Gasteiger partial charge in [-0.3, -0.25) is 4.90 Å². The monoisotopic (exact) mass is 308 g/mol. The van der Waals surface area contributed by atoms with Crippen molar-refractivity contribution in [3.63, 3.8) is 0 Å². The summed E-state index contributed by atoms with van der Waals surface area (Å²) in [6.45, 7) is 1.64. The van der Waals surface area contributed by atoms with Gasteiger partial charge in [0.15, 0.2) is 0 Å². The van der Waals surface area contributed by atoms with Crippen molar-refractivity contribution < 1.29 is 18.0 Å². The summed E-state index contributed by atoms with van der Waals surface area (Å²) in [7, 11) is 2.05. The maximum absolute atomic E-state index is 12.3. The van der Waals surface area contributed by atoms with Gasteiger partial charge in [-0.15, -0.1) is 0 Å². The standard InChI is InChI=1S/C13H23F3N4O/c1-19-5-2-10(3-6-19)17-12(21)18-11-4-7-20(8-11)9-13(14,15)16/h10-11H,2-9H2,1H3,(H2,17,18,21). The van der Waals surface area contributed by atoms with Crippen molar-refractivity contribution in [2.24, 2.45) is 0 Å². The van der Waals surface area contributed by atoms with E-state index < -0.39 is 12.7 Å². The van der Waals surface area contributed by atoms with Crippen LogP contribution in [0.4, 0.5) is 18.0 Å². The number of hydrogen-bond acceptors (Lipinski definition) is 3. The Labute approximate surface area is 122 Å². The lowest BCUT2D eigenvalue weighted by Crippen LogP contribution is -2.50. The first kappa shape index (κ1) is 16.4. The summed E-state index contributed by atoms with van der Waals surface area (Å²) < 4.78 is 36.9. The van der Waals surface area contributed by atoms with Crippen LogP contribution in [0.2, 0.25) is 0 Å². The third-order valence-corrected chi connectivity index (χ3v) is 4.06. The molecule has 1 atom stereocenters. The first-order valence-corrected chi connectivity index (χ1v) is 7.36. The van der Waals surface area contributed by atoms with E-state index in [1.165, 1.54) is 4.90 Å². The van der Waals surface area contributed by atoms with Gasteiger partial charge < -0.3 is 15.5 Å². The molecule has 1 unspecified atom stereocenters. The zero-order valence-electron chi connectivity index (χ0n) is 12.2. The number of carbonyl (C=O) groups is 1. The highest BCUT2D eigenvalue weighted by molar-refractivity contribution is 5.74. The zero-order chi connectivity index (χ0) is 15.5. The van der Waals surface area contributed by atoms with Gasteiger partial charge in [-0.1, -0.05) is 0 Å². The van der Waals surface area contributed by atoms with Crippen LogP contribution in [-0.4, -0.2) is 73.9 Å². The number of nitrogens with one attached hydrogen (secondary N) is 2. The summed E-state index contributed by atoms with van der Waals surface area (Å²) in [6.07, 6.45) is -1.79. The lowest BCUT2D eigenvalue weighted by atomic mass is 10.1. The SMILES string of the molecule is CN1CCC(NC(=O)NC2CCN(CC(F)(F)F)C2)CC1. The van der Waals surface area contributed by atoms with E-state index in [0.29, 0.717) is 13.0 Å². The topological polar surface area (TPSA) is 47.6 Å². The van der Waals surface area contributed by atoms with E-state index in [2.05, 4.69) is 15.5 Å². The fourth-order valence-electron chi connectivity index (χ4n) is 2.91. The molecule has 0 spiro atoms. The molecule has 2 aliphatic rings. The Morgan fingerprint density at radius 2 is 1.67 bits per heavy atom. The van der Waals surface area contributed by atoms with Gasteiger partial charge in [0.1, 0.15) is 0 Å². The molecule has 2 rings (SSSR count). The Balaban J connectivity index is 1.67. The molecule has 0 aromatic rings. The van der Waals surface area contributed by atoms with Crippen LogP contribution in [0.15, 0.2) is 0 Å². The molecule has 0 aromatic heterocycles. The number of amides is 2. The predicted molar refractivity (Wildman–Crippen MR) is 73.1 cm³/mol. The van der Waals surface area contributed by atoms with E-state index in [-0.39, 0.29) is 24.7 Å². The highest BCUT2D eigenvalue weighted by Gasteiger charge is 2.34. The van der Waals surface area contributed by atoms with Crippen molar-refractivity contribution >= 4 is 6.03 Å². The Hall–Kier alpha value is -1.02. The minimum Gasteiger partial charge on any atom is -0.335 e. The predicted octanol–water partition coefficient (Wildman–Crippen LogP) is 1.02. The highest BCUT2D eigenvalue weighted by atomic mass is 19.4. The van der Waals surface area contributed by atoms with Gasteiger partial charge in [-0.25, -0.2) is 4.79 Å². The number of halogens is 3. The van der Waals surface area contributed by atoms with Crippen LogP contribution in [0.3, 0.4) is 0 Å². The largest absolute Gasteiger partial charge is 0.401 e. The number of hydrogen-bond donors (Lipinski definition) is 2. The van der Waals surface area contributed by atoms with Crippen molar-refractivity contribution in [2.45, 2.75) is 37.5 Å². The van der Waals surface area contributed by atoms with Crippen LogP contribution in [0.5, 0.6) is 0 Å². The van der Waals surface area contributed by atoms with E-state index in [4.69, 9.17) is 0 Å². The molecule has 2 N–H and O–H groups in total. The normalized spacial score (nSPS) is 26.0. The molecule has 0 saturated carbocycles. The number of alkyl halides is 3. The molecule has 0 aliphatic carbocycles. The number of nitrogens with zero attached hydrogens (tertiary/aromatic N) is 2. The van der Waals surface area contributed by atoms with Crippen LogP contribution in [-0.2, 0) is 0 Å². The summed E-state index contributed by atoms with van der Waals surface area (Å²) >= 11 is 0. The summed E-state index contributed by atoms with van der Waals surface area (Å²) in [6, 6.07) is -0.295. The van der Waals surface area contributed by atoms with Crippen LogP contribution < -0.4 is 10.6 Å².